The number of ether oxygens (including phenoxy) is 1. The zero-order chi connectivity index (χ0) is 24.4. The fourth-order valence-electron chi connectivity index (χ4n) is 5.71. The van der Waals surface area contributed by atoms with E-state index in [1.807, 2.05) is 0 Å². The third-order valence-corrected chi connectivity index (χ3v) is 7.83. The maximum atomic E-state index is 13.0. The van der Waals surface area contributed by atoms with Gasteiger partial charge in [-0.3, -0.25) is 0 Å². The summed E-state index contributed by atoms with van der Waals surface area (Å²) >= 11 is 0. The van der Waals surface area contributed by atoms with E-state index < -0.39 is 12.5 Å². The molecule has 3 rings (SSSR count). The normalized spacial score (nSPS) is 25.6. The van der Waals surface area contributed by atoms with Crippen LogP contribution < -0.4 is 4.74 Å². The van der Waals surface area contributed by atoms with Gasteiger partial charge in [0, 0.05) is 11.5 Å². The third kappa shape index (κ3) is 8.51. The molecule has 0 spiro atoms. The van der Waals surface area contributed by atoms with Gasteiger partial charge in [-0.1, -0.05) is 70.1 Å². The zero-order valence-electron chi connectivity index (χ0n) is 20.5. The Labute approximate surface area is 203 Å². The number of alkyl halides is 4. The van der Waals surface area contributed by atoms with Crippen molar-refractivity contribution in [2.75, 3.05) is 0 Å². The molecule has 1 nitrogen and oxygen atoms in total. The van der Waals surface area contributed by atoms with E-state index in [2.05, 4.69) is 23.5 Å². The average Bonchev–Trinajstić information content (AvgIpc) is 2.84. The molecule has 0 N–H and O–H groups in total. The van der Waals surface area contributed by atoms with Crippen LogP contribution in [-0.2, 0) is 0 Å². The minimum atomic E-state index is -4.49. The molecule has 1 aromatic carbocycles. The number of halogens is 4. The van der Waals surface area contributed by atoms with Crippen LogP contribution in [0.1, 0.15) is 102 Å². The van der Waals surface area contributed by atoms with E-state index in [9.17, 15) is 17.6 Å². The van der Waals surface area contributed by atoms with Gasteiger partial charge in [0.1, 0.15) is 5.75 Å². The summed E-state index contributed by atoms with van der Waals surface area (Å²) in [4.78, 5) is 0. The lowest BCUT2D eigenvalue weighted by Gasteiger charge is -2.37. The van der Waals surface area contributed by atoms with Crippen molar-refractivity contribution in [3.05, 3.63) is 29.8 Å². The van der Waals surface area contributed by atoms with Crippen LogP contribution in [0.25, 0.3) is 0 Å². The largest absolute Gasteiger partial charge is 0.461 e. The molecule has 1 aromatic rings. The van der Waals surface area contributed by atoms with Gasteiger partial charge in [0.25, 0.3) is 0 Å². The second kappa shape index (κ2) is 13.4. The third-order valence-electron chi connectivity index (χ3n) is 7.83. The van der Waals surface area contributed by atoms with Crippen LogP contribution in [0.4, 0.5) is 17.6 Å². The van der Waals surface area contributed by atoms with E-state index in [0.717, 1.165) is 30.6 Å². The predicted octanol–water partition coefficient (Wildman–Crippen LogP) is 9.25. The Bertz CT molecular complexity index is 764. The Morgan fingerprint density at radius 3 is 2.03 bits per heavy atom. The van der Waals surface area contributed by atoms with Crippen molar-refractivity contribution in [1.29, 1.82) is 0 Å². The van der Waals surface area contributed by atoms with E-state index in [-0.39, 0.29) is 5.75 Å². The number of hydrogen-bond acceptors (Lipinski definition) is 1. The second-order valence-electron chi connectivity index (χ2n) is 10.4. The first kappa shape index (κ1) is 26.9. The molecule has 2 fully saturated rings. The number of rotatable bonds is 10. The van der Waals surface area contributed by atoms with Crippen LogP contribution >= 0.6 is 0 Å². The quantitative estimate of drug-likeness (QED) is 0.184. The van der Waals surface area contributed by atoms with Crippen molar-refractivity contribution < 1.29 is 22.3 Å². The highest BCUT2D eigenvalue weighted by molar-refractivity contribution is 5.38. The number of unbranched alkanes of at least 4 members (excludes halogenated alkanes) is 4. The first-order valence-corrected chi connectivity index (χ1v) is 13.3. The average molecular weight is 481 g/mol. The van der Waals surface area contributed by atoms with E-state index in [0.29, 0.717) is 11.5 Å². The summed E-state index contributed by atoms with van der Waals surface area (Å²) in [6.45, 7) is 2.27. The smallest absolute Gasteiger partial charge is 0.428 e. The van der Waals surface area contributed by atoms with Gasteiger partial charge in [0.05, 0.1) is 0 Å². The minimum Gasteiger partial charge on any atom is -0.428 e. The van der Waals surface area contributed by atoms with Gasteiger partial charge in [0.15, 0.2) is 0 Å². The molecule has 0 bridgehead atoms. The van der Waals surface area contributed by atoms with Gasteiger partial charge in [0.2, 0.25) is 0 Å². The van der Waals surface area contributed by atoms with Crippen molar-refractivity contribution in [2.45, 2.75) is 109 Å². The Balaban J connectivity index is 1.36. The van der Waals surface area contributed by atoms with Gasteiger partial charge < -0.3 is 4.74 Å². The van der Waals surface area contributed by atoms with Gasteiger partial charge in [-0.25, -0.2) is 0 Å². The van der Waals surface area contributed by atoms with Crippen LogP contribution in [0.15, 0.2) is 24.3 Å². The van der Waals surface area contributed by atoms with Gasteiger partial charge in [-0.15, -0.1) is 0 Å². The van der Waals surface area contributed by atoms with Crippen molar-refractivity contribution in [3.63, 3.8) is 0 Å². The Morgan fingerprint density at radius 1 is 0.853 bits per heavy atom. The van der Waals surface area contributed by atoms with E-state index in [1.54, 1.807) is 0 Å². The molecule has 0 atom stereocenters. The molecule has 0 heterocycles. The summed E-state index contributed by atoms with van der Waals surface area (Å²) in [6.07, 6.45) is 10.4. The van der Waals surface area contributed by atoms with Gasteiger partial charge in [-0.2, -0.15) is 17.6 Å². The number of hydrogen-bond donors (Lipinski definition) is 0. The Hall–Kier alpha value is -1.70. The summed E-state index contributed by atoms with van der Waals surface area (Å²) in [7, 11) is 0. The highest BCUT2D eigenvalue weighted by atomic mass is 19.3. The van der Waals surface area contributed by atoms with Crippen LogP contribution in [0.5, 0.6) is 5.75 Å². The predicted molar refractivity (Wildman–Crippen MR) is 129 cm³/mol. The molecule has 5 heteroatoms. The maximum absolute atomic E-state index is 13.0. The van der Waals surface area contributed by atoms with Crippen molar-refractivity contribution in [3.8, 4) is 17.6 Å². The SMILES string of the molecule is CCCCCCCC1CCC(C2CCC(C#Cc3ccc(OC(F)(F)C(F)F)cc3)CC2)CC1. The molecular weight excluding hydrogens is 440 g/mol. The molecular formula is C29H40F4O. The summed E-state index contributed by atoms with van der Waals surface area (Å²) in [6, 6.07) is 5.60. The first-order valence-electron chi connectivity index (χ1n) is 13.3. The van der Waals surface area contributed by atoms with Crippen LogP contribution in [0, 0.1) is 35.5 Å². The molecule has 0 unspecified atom stereocenters. The molecule has 190 valence electrons. The Kier molecular flexibility index (Phi) is 10.6. The lowest BCUT2D eigenvalue weighted by Crippen LogP contribution is -2.33. The molecule has 2 saturated carbocycles. The van der Waals surface area contributed by atoms with Crippen LogP contribution in [0.3, 0.4) is 0 Å². The van der Waals surface area contributed by atoms with Crippen LogP contribution in [0.2, 0.25) is 0 Å². The molecule has 0 aromatic heterocycles. The topological polar surface area (TPSA) is 9.23 Å². The lowest BCUT2D eigenvalue weighted by atomic mass is 9.69. The molecule has 34 heavy (non-hydrogen) atoms. The molecule has 2 aliphatic carbocycles. The molecule has 2 aliphatic rings. The molecule has 0 saturated heterocycles. The fourth-order valence-corrected chi connectivity index (χ4v) is 5.71. The van der Waals surface area contributed by atoms with Crippen molar-refractivity contribution >= 4 is 0 Å². The fraction of sp³-hybridized carbons (Fsp3) is 0.724. The summed E-state index contributed by atoms with van der Waals surface area (Å²) in [5.41, 5.74) is 0.683. The summed E-state index contributed by atoms with van der Waals surface area (Å²) in [5, 5.41) is 0. The summed E-state index contributed by atoms with van der Waals surface area (Å²) < 4.78 is 54.6. The van der Waals surface area contributed by atoms with Crippen molar-refractivity contribution in [2.24, 2.45) is 23.7 Å². The summed E-state index contributed by atoms with van der Waals surface area (Å²) in [5.74, 6) is 9.23. The maximum Gasteiger partial charge on any atom is 0.461 e. The monoisotopic (exact) mass is 480 g/mol. The number of benzene rings is 1. The Morgan fingerprint density at radius 2 is 1.44 bits per heavy atom. The van der Waals surface area contributed by atoms with E-state index in [4.69, 9.17) is 0 Å². The van der Waals surface area contributed by atoms with Gasteiger partial charge >= 0.3 is 12.5 Å². The first-order chi connectivity index (χ1) is 16.4. The standard InChI is InChI=1S/C29H40F4O/c1-2-3-4-5-6-7-22-10-16-25(17-11-22)26-18-12-23(13-19-26)8-9-24-14-20-27(21-15-24)34-29(32,33)28(30)31/h14-15,20-23,25-26,28H,2-7,10-13,16-19H2,1H3. The molecule has 0 radical (unpaired) electrons. The van der Waals surface area contributed by atoms with Gasteiger partial charge in [-0.05, 0) is 80.5 Å². The van der Waals surface area contributed by atoms with E-state index >= 15 is 0 Å². The highest BCUT2D eigenvalue weighted by Gasteiger charge is 2.43. The zero-order valence-corrected chi connectivity index (χ0v) is 20.5. The van der Waals surface area contributed by atoms with E-state index in [1.165, 1.54) is 101 Å². The molecule has 0 amide bonds. The lowest BCUT2D eigenvalue weighted by molar-refractivity contribution is -0.253. The molecule has 0 aliphatic heterocycles. The highest BCUT2D eigenvalue weighted by Crippen LogP contribution is 2.42. The van der Waals surface area contributed by atoms with Crippen molar-refractivity contribution in [1.82, 2.24) is 0 Å². The second-order valence-corrected chi connectivity index (χ2v) is 10.4. The minimum absolute atomic E-state index is 0.289. The van der Waals surface area contributed by atoms with Crippen LogP contribution in [-0.4, -0.2) is 12.5 Å².